The second-order valence-corrected chi connectivity index (χ2v) is 6.61. The fourth-order valence-corrected chi connectivity index (χ4v) is 2.61. The van der Waals surface area contributed by atoms with Gasteiger partial charge in [-0.25, -0.2) is 0 Å². The van der Waals surface area contributed by atoms with Crippen LogP contribution in [0.5, 0.6) is 0 Å². The smallest absolute Gasteiger partial charge is 0.221 e. The number of nitrogens with one attached hydrogen (secondary N) is 2. The zero-order chi connectivity index (χ0) is 16.1. The van der Waals surface area contributed by atoms with Crippen molar-refractivity contribution in [1.29, 1.82) is 0 Å². The zero-order valence-electron chi connectivity index (χ0n) is 12.4. The Morgan fingerprint density at radius 2 is 1.86 bits per heavy atom. The molecular weight excluding hydrogens is 320 g/mol. The minimum Gasteiger partial charge on any atom is -0.381 e. The highest BCUT2D eigenvalue weighted by molar-refractivity contribution is 7.84. The zero-order valence-corrected chi connectivity index (χ0v) is 13.9. The van der Waals surface area contributed by atoms with E-state index >= 15 is 0 Å². The van der Waals surface area contributed by atoms with Crippen molar-refractivity contribution in [2.24, 2.45) is 0 Å². The number of amides is 1. The summed E-state index contributed by atoms with van der Waals surface area (Å²) in [6.45, 7) is 2.06. The molecule has 0 aliphatic rings. The molecule has 0 aliphatic heterocycles. The van der Waals surface area contributed by atoms with Gasteiger partial charge in [0, 0.05) is 41.1 Å². The van der Waals surface area contributed by atoms with E-state index in [0.29, 0.717) is 17.3 Å². The minimum absolute atomic E-state index is 0.165. The lowest BCUT2D eigenvalue weighted by atomic mass is 10.2. The average molecular weight is 337 g/mol. The number of hydrogen-bond acceptors (Lipinski definition) is 3. The Balaban J connectivity index is 2.04. The summed E-state index contributed by atoms with van der Waals surface area (Å²) in [4.78, 5) is 11.9. The van der Waals surface area contributed by atoms with Gasteiger partial charge in [-0.1, -0.05) is 23.7 Å². The molecule has 0 unspecified atom stereocenters. The molecule has 2 N–H and O–H groups in total. The third kappa shape index (κ3) is 4.58. The molecule has 2 rings (SSSR count). The highest BCUT2D eigenvalue weighted by atomic mass is 35.5. The van der Waals surface area contributed by atoms with Gasteiger partial charge in [0.25, 0.3) is 0 Å². The SMILES string of the molecule is CC(=O)Nc1cc(NCc2ccc([S@@](C)=O)cc2)ccc1Cl. The van der Waals surface area contributed by atoms with Gasteiger partial charge < -0.3 is 10.6 Å². The van der Waals surface area contributed by atoms with E-state index in [1.54, 1.807) is 18.4 Å². The normalized spacial score (nSPS) is 11.8. The van der Waals surface area contributed by atoms with Crippen molar-refractivity contribution in [3.63, 3.8) is 0 Å². The molecule has 4 nitrogen and oxygen atoms in total. The van der Waals surface area contributed by atoms with Gasteiger partial charge in [-0.2, -0.15) is 0 Å². The molecule has 1 amide bonds. The number of halogens is 1. The van der Waals surface area contributed by atoms with Crippen LogP contribution in [0.3, 0.4) is 0 Å². The lowest BCUT2D eigenvalue weighted by Gasteiger charge is -2.10. The van der Waals surface area contributed by atoms with E-state index in [9.17, 15) is 9.00 Å². The maximum absolute atomic E-state index is 11.3. The molecule has 22 heavy (non-hydrogen) atoms. The molecule has 0 aliphatic carbocycles. The molecule has 0 bridgehead atoms. The van der Waals surface area contributed by atoms with Gasteiger partial charge in [-0.15, -0.1) is 0 Å². The van der Waals surface area contributed by atoms with Crippen LogP contribution in [0.15, 0.2) is 47.4 Å². The summed E-state index contributed by atoms with van der Waals surface area (Å²) in [5.41, 5.74) is 2.51. The van der Waals surface area contributed by atoms with Crippen LogP contribution in [0.25, 0.3) is 0 Å². The summed E-state index contributed by atoms with van der Waals surface area (Å²) < 4.78 is 11.3. The minimum atomic E-state index is -0.964. The average Bonchev–Trinajstić information content (AvgIpc) is 2.48. The van der Waals surface area contributed by atoms with Gasteiger partial charge in [0.15, 0.2) is 0 Å². The largest absolute Gasteiger partial charge is 0.381 e. The van der Waals surface area contributed by atoms with Gasteiger partial charge >= 0.3 is 0 Å². The predicted molar refractivity (Wildman–Crippen MR) is 91.9 cm³/mol. The molecule has 0 fully saturated rings. The van der Waals surface area contributed by atoms with Gasteiger partial charge in [-0.3, -0.25) is 9.00 Å². The molecule has 2 aromatic rings. The fraction of sp³-hybridized carbons (Fsp3) is 0.188. The molecule has 0 saturated carbocycles. The van der Waals surface area contributed by atoms with Crippen molar-refractivity contribution >= 4 is 39.7 Å². The van der Waals surface area contributed by atoms with Crippen molar-refractivity contribution in [2.75, 3.05) is 16.9 Å². The van der Waals surface area contributed by atoms with Crippen LogP contribution in [-0.4, -0.2) is 16.4 Å². The monoisotopic (exact) mass is 336 g/mol. The molecular formula is C16H17ClN2O2S. The Morgan fingerprint density at radius 1 is 1.18 bits per heavy atom. The quantitative estimate of drug-likeness (QED) is 0.876. The molecule has 0 saturated heterocycles. The lowest BCUT2D eigenvalue weighted by Crippen LogP contribution is -2.07. The van der Waals surface area contributed by atoms with Crippen molar-refractivity contribution in [3.8, 4) is 0 Å². The number of rotatable bonds is 5. The standard InChI is InChI=1S/C16H17ClN2O2S/c1-11(20)19-16-9-13(5-8-15(16)17)18-10-12-3-6-14(7-4-12)22(2)21/h3-9,18H,10H2,1-2H3,(H,19,20)/t22-/m1/s1. The third-order valence-electron chi connectivity index (χ3n) is 3.03. The first kappa shape index (κ1) is 16.5. The number of hydrogen-bond donors (Lipinski definition) is 2. The Bertz CT molecular complexity index is 702. The van der Waals surface area contributed by atoms with Crippen LogP contribution in [0, 0.1) is 0 Å². The molecule has 0 aromatic heterocycles. The number of carbonyl (C=O) groups is 1. The number of anilines is 2. The van der Waals surface area contributed by atoms with E-state index in [4.69, 9.17) is 11.6 Å². The second kappa shape index (κ2) is 7.42. The summed E-state index contributed by atoms with van der Waals surface area (Å²) in [7, 11) is -0.964. The summed E-state index contributed by atoms with van der Waals surface area (Å²) in [5.74, 6) is -0.165. The van der Waals surface area contributed by atoms with E-state index in [-0.39, 0.29) is 5.91 Å². The van der Waals surface area contributed by atoms with Crippen molar-refractivity contribution in [1.82, 2.24) is 0 Å². The van der Waals surface area contributed by atoms with Crippen molar-refractivity contribution in [3.05, 3.63) is 53.1 Å². The highest BCUT2D eigenvalue weighted by Crippen LogP contribution is 2.25. The van der Waals surface area contributed by atoms with Gasteiger partial charge in [0.2, 0.25) is 5.91 Å². The van der Waals surface area contributed by atoms with E-state index in [1.807, 2.05) is 30.3 Å². The van der Waals surface area contributed by atoms with Crippen LogP contribution in [-0.2, 0) is 22.1 Å². The fourth-order valence-electron chi connectivity index (χ4n) is 1.92. The first-order valence-corrected chi connectivity index (χ1v) is 8.62. The molecule has 0 radical (unpaired) electrons. The first-order valence-electron chi connectivity index (χ1n) is 6.69. The third-order valence-corrected chi connectivity index (χ3v) is 4.29. The maximum atomic E-state index is 11.3. The predicted octanol–water partition coefficient (Wildman–Crippen LogP) is 3.65. The summed E-state index contributed by atoms with van der Waals surface area (Å²) in [5, 5.41) is 6.45. The van der Waals surface area contributed by atoms with Crippen LogP contribution < -0.4 is 10.6 Å². The Morgan fingerprint density at radius 3 is 2.45 bits per heavy atom. The highest BCUT2D eigenvalue weighted by Gasteiger charge is 2.04. The molecule has 116 valence electrons. The lowest BCUT2D eigenvalue weighted by molar-refractivity contribution is -0.114. The van der Waals surface area contributed by atoms with Crippen LogP contribution in [0.1, 0.15) is 12.5 Å². The molecule has 0 spiro atoms. The van der Waals surface area contributed by atoms with Gasteiger partial charge in [0.05, 0.1) is 10.7 Å². The van der Waals surface area contributed by atoms with Gasteiger partial charge in [0.1, 0.15) is 0 Å². The maximum Gasteiger partial charge on any atom is 0.221 e. The van der Waals surface area contributed by atoms with Gasteiger partial charge in [-0.05, 0) is 35.9 Å². The molecule has 2 aromatic carbocycles. The Hall–Kier alpha value is -1.85. The summed E-state index contributed by atoms with van der Waals surface area (Å²) in [6, 6.07) is 13.0. The summed E-state index contributed by atoms with van der Waals surface area (Å²) in [6.07, 6.45) is 1.66. The second-order valence-electron chi connectivity index (χ2n) is 4.83. The van der Waals surface area contributed by atoms with E-state index < -0.39 is 10.8 Å². The van der Waals surface area contributed by atoms with E-state index in [0.717, 1.165) is 16.1 Å². The first-order chi connectivity index (χ1) is 10.5. The number of carbonyl (C=O) groups excluding carboxylic acids is 1. The van der Waals surface area contributed by atoms with Crippen LogP contribution >= 0.6 is 11.6 Å². The number of benzene rings is 2. The van der Waals surface area contributed by atoms with E-state index in [2.05, 4.69) is 10.6 Å². The van der Waals surface area contributed by atoms with E-state index in [1.165, 1.54) is 6.92 Å². The summed E-state index contributed by atoms with van der Waals surface area (Å²) >= 11 is 6.03. The van der Waals surface area contributed by atoms with Crippen LogP contribution in [0.2, 0.25) is 5.02 Å². The van der Waals surface area contributed by atoms with Crippen molar-refractivity contribution < 1.29 is 9.00 Å². The van der Waals surface area contributed by atoms with Crippen LogP contribution in [0.4, 0.5) is 11.4 Å². The van der Waals surface area contributed by atoms with Crippen molar-refractivity contribution in [2.45, 2.75) is 18.4 Å². The Kier molecular flexibility index (Phi) is 5.57. The molecule has 1 atom stereocenters. The molecule has 0 heterocycles. The molecule has 6 heteroatoms. The Labute approximate surface area is 137 Å². The topological polar surface area (TPSA) is 58.2 Å².